The Morgan fingerprint density at radius 2 is 1.95 bits per heavy atom. The first-order valence-corrected chi connectivity index (χ1v) is 11.6. The van der Waals surface area contributed by atoms with E-state index in [0.717, 1.165) is 5.75 Å². The maximum Gasteiger partial charge on any atom is 0.228 e. The van der Waals surface area contributed by atoms with Gasteiger partial charge in [-0.25, -0.2) is 0 Å². The number of β-lactam (4-membered cyclic amide) rings is 1. The van der Waals surface area contributed by atoms with Crippen molar-refractivity contribution in [3.05, 3.63) is 0 Å². The molecular formula is C15H27NO3SSi. The number of thioether (sulfide) groups is 1. The van der Waals surface area contributed by atoms with Crippen LogP contribution in [0, 0.1) is 5.92 Å². The van der Waals surface area contributed by atoms with Crippen molar-refractivity contribution in [2.24, 2.45) is 5.92 Å². The Morgan fingerprint density at radius 1 is 1.33 bits per heavy atom. The number of hydrogen-bond donors (Lipinski definition) is 1. The van der Waals surface area contributed by atoms with Crippen molar-refractivity contribution < 1.29 is 14.0 Å². The SMILES string of the molecule is C[C@@H](O[Si](C)(C)C(C)(C)C)[C@H]1C(=O)N[C@@H]1C1SCCC1=O. The predicted molar refractivity (Wildman–Crippen MR) is 89.0 cm³/mol. The Morgan fingerprint density at radius 3 is 2.38 bits per heavy atom. The summed E-state index contributed by atoms with van der Waals surface area (Å²) in [5, 5.41) is 2.97. The van der Waals surface area contributed by atoms with Gasteiger partial charge in [0.1, 0.15) is 5.78 Å². The molecule has 0 aromatic heterocycles. The molecule has 0 aliphatic carbocycles. The van der Waals surface area contributed by atoms with Crippen LogP contribution in [0.1, 0.15) is 34.1 Å². The second kappa shape index (κ2) is 5.70. The van der Waals surface area contributed by atoms with Gasteiger partial charge in [0.05, 0.1) is 23.3 Å². The molecule has 2 fully saturated rings. The van der Waals surface area contributed by atoms with Gasteiger partial charge in [-0.2, -0.15) is 0 Å². The van der Waals surface area contributed by atoms with Crippen LogP contribution in [-0.2, 0) is 14.0 Å². The van der Waals surface area contributed by atoms with Crippen LogP contribution in [0.3, 0.4) is 0 Å². The Hall–Kier alpha value is -0.333. The summed E-state index contributed by atoms with van der Waals surface area (Å²) in [6, 6.07) is -0.0442. The van der Waals surface area contributed by atoms with Gasteiger partial charge in [-0.3, -0.25) is 9.59 Å². The molecule has 0 aromatic carbocycles. The topological polar surface area (TPSA) is 55.4 Å². The highest BCUT2D eigenvalue weighted by molar-refractivity contribution is 8.01. The van der Waals surface area contributed by atoms with Crippen molar-refractivity contribution in [3.63, 3.8) is 0 Å². The second-order valence-electron chi connectivity index (χ2n) is 7.65. The first kappa shape index (κ1) is 17.0. The molecule has 4 nitrogen and oxygen atoms in total. The van der Waals surface area contributed by atoms with E-state index < -0.39 is 8.32 Å². The maximum absolute atomic E-state index is 12.0. The Kier molecular flexibility index (Phi) is 4.62. The zero-order valence-corrected chi connectivity index (χ0v) is 15.7. The lowest BCUT2D eigenvalue weighted by molar-refractivity contribution is -0.140. The average molecular weight is 330 g/mol. The largest absolute Gasteiger partial charge is 0.413 e. The van der Waals surface area contributed by atoms with Crippen molar-refractivity contribution in [1.29, 1.82) is 0 Å². The highest BCUT2D eigenvalue weighted by Gasteiger charge is 2.52. The van der Waals surface area contributed by atoms with Crippen LogP contribution in [0.15, 0.2) is 0 Å². The van der Waals surface area contributed by atoms with Gasteiger partial charge >= 0.3 is 0 Å². The number of amides is 1. The van der Waals surface area contributed by atoms with Gasteiger partial charge in [0.25, 0.3) is 0 Å². The summed E-state index contributed by atoms with van der Waals surface area (Å²) in [5.74, 6) is 1.000. The molecule has 2 heterocycles. The lowest BCUT2D eigenvalue weighted by atomic mass is 9.82. The summed E-state index contributed by atoms with van der Waals surface area (Å²) in [7, 11) is -1.90. The van der Waals surface area contributed by atoms with Crippen LogP contribution in [0.5, 0.6) is 0 Å². The van der Waals surface area contributed by atoms with Crippen LogP contribution in [0.2, 0.25) is 18.1 Å². The molecule has 2 rings (SSSR count). The minimum absolute atomic E-state index is 0.0338. The zero-order chi connectivity index (χ0) is 16.0. The van der Waals surface area contributed by atoms with Gasteiger partial charge in [0.2, 0.25) is 5.91 Å². The third-order valence-corrected chi connectivity index (χ3v) is 11.0. The number of carbonyl (C=O) groups excluding carboxylic acids is 2. The lowest BCUT2D eigenvalue weighted by Gasteiger charge is -2.46. The summed E-state index contributed by atoms with van der Waals surface area (Å²) < 4.78 is 6.36. The third-order valence-electron chi connectivity index (χ3n) is 5.08. The minimum atomic E-state index is -1.90. The fourth-order valence-electron chi connectivity index (χ4n) is 2.73. The summed E-state index contributed by atoms with van der Waals surface area (Å²) in [6.45, 7) is 13.0. The molecular weight excluding hydrogens is 302 g/mol. The molecule has 0 spiro atoms. The molecule has 0 saturated carbocycles. The highest BCUT2D eigenvalue weighted by Crippen LogP contribution is 2.40. The second-order valence-corrected chi connectivity index (χ2v) is 13.7. The average Bonchev–Trinajstić information content (AvgIpc) is 2.69. The molecule has 0 aromatic rings. The summed E-state index contributed by atoms with van der Waals surface area (Å²) in [6.07, 6.45) is 0.505. The van der Waals surface area contributed by atoms with Crippen LogP contribution in [0.4, 0.5) is 0 Å². The van der Waals surface area contributed by atoms with Gasteiger partial charge in [-0.05, 0) is 25.1 Å². The normalized spacial score (nSPS) is 31.8. The van der Waals surface area contributed by atoms with E-state index in [-0.39, 0.29) is 40.0 Å². The summed E-state index contributed by atoms with van der Waals surface area (Å²) in [5.41, 5.74) is 0. The Bertz CT molecular complexity index is 447. The molecule has 1 amide bonds. The zero-order valence-electron chi connectivity index (χ0n) is 13.9. The lowest BCUT2D eigenvalue weighted by Crippen LogP contribution is -2.67. The molecule has 4 atom stereocenters. The Labute approximate surface area is 132 Å². The molecule has 1 unspecified atom stereocenters. The number of nitrogens with one attached hydrogen (secondary N) is 1. The molecule has 2 aliphatic heterocycles. The first-order chi connectivity index (χ1) is 9.54. The van der Waals surface area contributed by atoms with Crippen LogP contribution < -0.4 is 5.32 Å². The fourth-order valence-corrected chi connectivity index (χ4v) is 5.48. The third kappa shape index (κ3) is 3.22. The van der Waals surface area contributed by atoms with Crippen molar-refractivity contribution in [2.45, 2.75) is 69.6 Å². The fraction of sp³-hybridized carbons (Fsp3) is 0.867. The van der Waals surface area contributed by atoms with E-state index in [1.807, 2.05) is 6.92 Å². The van der Waals surface area contributed by atoms with E-state index in [0.29, 0.717) is 6.42 Å². The van der Waals surface area contributed by atoms with Gasteiger partial charge in [0.15, 0.2) is 8.32 Å². The van der Waals surface area contributed by atoms with Crippen LogP contribution >= 0.6 is 11.8 Å². The van der Waals surface area contributed by atoms with Gasteiger partial charge < -0.3 is 9.74 Å². The quantitative estimate of drug-likeness (QED) is 0.636. The number of rotatable bonds is 4. The van der Waals surface area contributed by atoms with Crippen molar-refractivity contribution in [2.75, 3.05) is 5.75 Å². The molecule has 0 bridgehead atoms. The van der Waals surface area contributed by atoms with E-state index in [4.69, 9.17) is 4.43 Å². The molecule has 1 N–H and O–H groups in total. The van der Waals surface area contributed by atoms with Crippen LogP contribution in [0.25, 0.3) is 0 Å². The molecule has 2 aliphatic rings. The standard InChI is InChI=1S/C15H27NO3SSi/c1-9(19-21(5,6)15(2,3)4)11-12(16-14(11)18)13-10(17)7-8-20-13/h9,11-13H,7-8H2,1-6H3,(H,16,18)/t9-,11-,12+,13?/m1/s1. The maximum atomic E-state index is 12.0. The smallest absolute Gasteiger partial charge is 0.228 e. The number of carbonyl (C=O) groups is 2. The monoisotopic (exact) mass is 329 g/mol. The molecule has 2 saturated heterocycles. The highest BCUT2D eigenvalue weighted by atomic mass is 32.2. The van der Waals surface area contributed by atoms with E-state index in [2.05, 4.69) is 39.2 Å². The number of Topliss-reactive ketones (excluding diaryl/α,β-unsaturated/α-hetero) is 1. The van der Waals surface area contributed by atoms with Crippen LogP contribution in [-0.4, -0.2) is 43.2 Å². The molecule has 21 heavy (non-hydrogen) atoms. The van der Waals surface area contributed by atoms with E-state index in [1.165, 1.54) is 0 Å². The number of hydrogen-bond acceptors (Lipinski definition) is 4. The first-order valence-electron chi connectivity index (χ1n) is 7.67. The molecule has 0 radical (unpaired) electrons. The number of ketones is 1. The predicted octanol–water partition coefficient (Wildman–Crippen LogP) is 2.59. The van der Waals surface area contributed by atoms with Gasteiger partial charge in [-0.1, -0.05) is 20.8 Å². The van der Waals surface area contributed by atoms with E-state index in [1.54, 1.807) is 11.8 Å². The molecule has 120 valence electrons. The van der Waals surface area contributed by atoms with E-state index in [9.17, 15) is 9.59 Å². The van der Waals surface area contributed by atoms with Gasteiger partial charge in [-0.15, -0.1) is 11.8 Å². The van der Waals surface area contributed by atoms with E-state index >= 15 is 0 Å². The summed E-state index contributed by atoms with van der Waals surface area (Å²) in [4.78, 5) is 23.9. The van der Waals surface area contributed by atoms with Gasteiger partial charge in [0, 0.05) is 12.2 Å². The van der Waals surface area contributed by atoms with Crippen molar-refractivity contribution in [1.82, 2.24) is 5.32 Å². The minimum Gasteiger partial charge on any atom is -0.413 e. The van der Waals surface area contributed by atoms with Crippen molar-refractivity contribution in [3.8, 4) is 0 Å². The Balaban J connectivity index is 2.05. The van der Waals surface area contributed by atoms with Crippen molar-refractivity contribution >= 4 is 31.8 Å². The molecule has 6 heteroatoms. The summed E-state index contributed by atoms with van der Waals surface area (Å²) >= 11 is 1.67.